The van der Waals surface area contributed by atoms with Gasteiger partial charge in [-0.05, 0) is 57.5 Å². The molecule has 8 heteroatoms. The number of hydrogen-bond donors (Lipinski definition) is 1. The maximum Gasteiger partial charge on any atom is 0.338 e. The van der Waals surface area contributed by atoms with Gasteiger partial charge in [-0.1, -0.05) is 11.8 Å². The maximum atomic E-state index is 12.6. The van der Waals surface area contributed by atoms with Crippen molar-refractivity contribution in [3.63, 3.8) is 0 Å². The van der Waals surface area contributed by atoms with Gasteiger partial charge in [0.05, 0.1) is 17.4 Å². The summed E-state index contributed by atoms with van der Waals surface area (Å²) in [6.45, 7) is 8.04. The Bertz CT molecular complexity index is 1020. The highest BCUT2D eigenvalue weighted by Crippen LogP contribution is 2.36. The highest BCUT2D eigenvalue weighted by molar-refractivity contribution is 8.00. The van der Waals surface area contributed by atoms with Crippen LogP contribution in [0.15, 0.2) is 35.6 Å². The summed E-state index contributed by atoms with van der Waals surface area (Å²) >= 11 is 3.05. The lowest BCUT2D eigenvalue weighted by atomic mass is 10.2. The second-order valence-corrected chi connectivity index (χ2v) is 8.72. The summed E-state index contributed by atoms with van der Waals surface area (Å²) in [4.78, 5) is 35.2. The maximum absolute atomic E-state index is 12.6. The molecule has 6 nitrogen and oxygen atoms in total. The SMILES string of the molecule is CCOC(=O)c1ccc(NC(=O)C(C)Sc2ncnc3sc(C)c(C)c23)cc1. The summed E-state index contributed by atoms with van der Waals surface area (Å²) in [6.07, 6.45) is 1.54. The first kappa shape index (κ1) is 20.3. The summed E-state index contributed by atoms with van der Waals surface area (Å²) in [7, 11) is 0. The first-order chi connectivity index (χ1) is 13.4. The van der Waals surface area contributed by atoms with E-state index < -0.39 is 0 Å². The van der Waals surface area contributed by atoms with Crippen molar-refractivity contribution in [2.45, 2.75) is 38.0 Å². The summed E-state index contributed by atoms with van der Waals surface area (Å²) in [5.41, 5.74) is 2.24. The van der Waals surface area contributed by atoms with Crippen molar-refractivity contribution in [1.82, 2.24) is 9.97 Å². The number of thiophene rings is 1. The highest BCUT2D eigenvalue weighted by Gasteiger charge is 2.19. The van der Waals surface area contributed by atoms with Gasteiger partial charge in [-0.3, -0.25) is 4.79 Å². The van der Waals surface area contributed by atoms with Crippen molar-refractivity contribution in [3.05, 3.63) is 46.6 Å². The van der Waals surface area contributed by atoms with Crippen molar-refractivity contribution in [2.24, 2.45) is 0 Å². The monoisotopic (exact) mass is 415 g/mol. The van der Waals surface area contributed by atoms with E-state index in [2.05, 4.69) is 29.1 Å². The van der Waals surface area contributed by atoms with E-state index in [-0.39, 0.29) is 17.1 Å². The van der Waals surface area contributed by atoms with Crippen LogP contribution < -0.4 is 5.32 Å². The topological polar surface area (TPSA) is 81.2 Å². The number of carbonyl (C=O) groups is 2. The molecule has 0 spiro atoms. The van der Waals surface area contributed by atoms with Crippen molar-refractivity contribution in [1.29, 1.82) is 0 Å². The number of fused-ring (bicyclic) bond motifs is 1. The number of aromatic nitrogens is 2. The molecule has 1 unspecified atom stereocenters. The number of aryl methyl sites for hydroxylation is 2. The van der Waals surface area contributed by atoms with Crippen molar-refractivity contribution < 1.29 is 14.3 Å². The van der Waals surface area contributed by atoms with Gasteiger partial charge in [0, 0.05) is 16.0 Å². The van der Waals surface area contributed by atoms with Gasteiger partial charge < -0.3 is 10.1 Å². The fourth-order valence-corrected chi connectivity index (χ4v) is 4.65. The largest absolute Gasteiger partial charge is 0.462 e. The van der Waals surface area contributed by atoms with Gasteiger partial charge in [0.15, 0.2) is 0 Å². The Morgan fingerprint density at radius 3 is 2.61 bits per heavy atom. The quantitative estimate of drug-likeness (QED) is 0.360. The molecular formula is C20H21N3O3S2. The smallest absolute Gasteiger partial charge is 0.338 e. The minimum absolute atomic E-state index is 0.134. The molecule has 2 aromatic heterocycles. The molecule has 28 heavy (non-hydrogen) atoms. The fraction of sp³-hybridized carbons (Fsp3) is 0.300. The molecule has 0 aliphatic rings. The van der Waals surface area contributed by atoms with Crippen LogP contribution in [-0.2, 0) is 9.53 Å². The Kier molecular flexibility index (Phi) is 6.31. The number of nitrogens with one attached hydrogen (secondary N) is 1. The lowest BCUT2D eigenvalue weighted by molar-refractivity contribution is -0.115. The molecule has 0 radical (unpaired) electrons. The Morgan fingerprint density at radius 2 is 1.93 bits per heavy atom. The van der Waals surface area contributed by atoms with Gasteiger partial charge in [0.1, 0.15) is 16.2 Å². The molecule has 0 bridgehead atoms. The normalized spacial score (nSPS) is 12.0. The third-order valence-corrected chi connectivity index (χ3v) is 6.47. The summed E-state index contributed by atoms with van der Waals surface area (Å²) in [6, 6.07) is 6.65. The van der Waals surface area contributed by atoms with Crippen LogP contribution in [0.2, 0.25) is 0 Å². The molecule has 1 atom stereocenters. The van der Waals surface area contributed by atoms with Crippen LogP contribution in [0.1, 0.15) is 34.6 Å². The van der Waals surface area contributed by atoms with Crippen molar-refractivity contribution in [3.8, 4) is 0 Å². The van der Waals surface area contributed by atoms with E-state index in [0.29, 0.717) is 17.9 Å². The number of esters is 1. The lowest BCUT2D eigenvalue weighted by Crippen LogP contribution is -2.22. The Labute approximate surface area is 171 Å². The molecule has 3 rings (SSSR count). The molecule has 0 fully saturated rings. The number of nitrogens with zero attached hydrogens (tertiary/aromatic N) is 2. The molecule has 0 saturated carbocycles. The number of benzene rings is 1. The van der Waals surface area contributed by atoms with Gasteiger partial charge in [0.2, 0.25) is 5.91 Å². The van der Waals surface area contributed by atoms with Crippen LogP contribution >= 0.6 is 23.1 Å². The van der Waals surface area contributed by atoms with Crippen LogP contribution in [0.25, 0.3) is 10.2 Å². The zero-order chi connectivity index (χ0) is 20.3. The zero-order valence-electron chi connectivity index (χ0n) is 16.1. The summed E-state index contributed by atoms with van der Waals surface area (Å²) < 4.78 is 4.96. The molecule has 1 aromatic carbocycles. The Hall–Kier alpha value is -2.45. The van der Waals surface area contributed by atoms with Gasteiger partial charge in [-0.25, -0.2) is 14.8 Å². The second kappa shape index (κ2) is 8.70. The first-order valence-corrected chi connectivity index (χ1v) is 10.6. The summed E-state index contributed by atoms with van der Waals surface area (Å²) in [5.74, 6) is -0.510. The average molecular weight is 416 g/mol. The van der Waals surface area contributed by atoms with Gasteiger partial charge in [0.25, 0.3) is 0 Å². The molecular weight excluding hydrogens is 394 g/mol. The predicted molar refractivity (Wildman–Crippen MR) is 113 cm³/mol. The number of carbonyl (C=O) groups excluding carboxylic acids is 2. The van der Waals surface area contributed by atoms with E-state index in [1.165, 1.54) is 16.6 Å². The molecule has 146 valence electrons. The molecule has 1 N–H and O–H groups in total. The van der Waals surface area contributed by atoms with Crippen molar-refractivity contribution >= 4 is 50.9 Å². The predicted octanol–water partition coefficient (Wildman–Crippen LogP) is 4.60. The van der Waals surface area contributed by atoms with Crippen LogP contribution in [0.5, 0.6) is 0 Å². The van der Waals surface area contributed by atoms with Crippen LogP contribution in [0.3, 0.4) is 0 Å². The second-order valence-electron chi connectivity index (χ2n) is 6.19. The minimum atomic E-state index is -0.376. The lowest BCUT2D eigenvalue weighted by Gasteiger charge is -2.12. The summed E-state index contributed by atoms with van der Waals surface area (Å²) in [5, 5.41) is 4.36. The third kappa shape index (κ3) is 4.34. The first-order valence-electron chi connectivity index (χ1n) is 8.86. The molecule has 0 aliphatic carbocycles. The van der Waals surface area contributed by atoms with E-state index in [1.54, 1.807) is 48.9 Å². The van der Waals surface area contributed by atoms with E-state index in [9.17, 15) is 9.59 Å². The zero-order valence-corrected chi connectivity index (χ0v) is 17.7. The van der Waals surface area contributed by atoms with Crippen LogP contribution in [0, 0.1) is 13.8 Å². The number of ether oxygens (including phenoxy) is 1. The van der Waals surface area contributed by atoms with E-state index in [0.717, 1.165) is 20.8 Å². The number of amides is 1. The molecule has 0 saturated heterocycles. The highest BCUT2D eigenvalue weighted by atomic mass is 32.2. The number of anilines is 1. The van der Waals surface area contributed by atoms with Gasteiger partial charge >= 0.3 is 5.97 Å². The van der Waals surface area contributed by atoms with E-state index >= 15 is 0 Å². The Morgan fingerprint density at radius 1 is 1.21 bits per heavy atom. The molecule has 3 aromatic rings. The standard InChI is InChI=1S/C20H21N3O3S2/c1-5-26-20(25)14-6-8-15(9-7-14)23-17(24)13(4)28-19-16-11(2)12(3)27-18(16)21-10-22-19/h6-10,13H,5H2,1-4H3,(H,23,24). The van der Waals surface area contributed by atoms with Crippen molar-refractivity contribution in [2.75, 3.05) is 11.9 Å². The fourth-order valence-electron chi connectivity index (χ4n) is 2.61. The molecule has 2 heterocycles. The number of rotatable bonds is 6. The third-order valence-electron chi connectivity index (χ3n) is 4.25. The minimum Gasteiger partial charge on any atom is -0.462 e. The van der Waals surface area contributed by atoms with Gasteiger partial charge in [-0.15, -0.1) is 11.3 Å². The molecule has 1 amide bonds. The average Bonchev–Trinajstić information content (AvgIpc) is 2.97. The van der Waals surface area contributed by atoms with E-state index in [4.69, 9.17) is 4.74 Å². The Balaban J connectivity index is 1.69. The van der Waals surface area contributed by atoms with Gasteiger partial charge in [-0.2, -0.15) is 0 Å². The van der Waals surface area contributed by atoms with Crippen LogP contribution in [0.4, 0.5) is 5.69 Å². The van der Waals surface area contributed by atoms with E-state index in [1.807, 2.05) is 6.92 Å². The number of thioether (sulfide) groups is 1. The molecule has 0 aliphatic heterocycles. The number of hydrogen-bond acceptors (Lipinski definition) is 7. The van der Waals surface area contributed by atoms with Crippen LogP contribution in [-0.4, -0.2) is 33.7 Å².